The molecule has 94 valence electrons. The molecule has 3 nitrogen and oxygen atoms in total. The lowest BCUT2D eigenvalue weighted by atomic mass is 9.68. The lowest BCUT2D eigenvalue weighted by Crippen LogP contribution is -2.34. The summed E-state index contributed by atoms with van der Waals surface area (Å²) in [5, 5.41) is 9.61. The van der Waals surface area contributed by atoms with Crippen LogP contribution in [0.15, 0.2) is 24.3 Å². The number of Topliss-reactive ketones (excluding diaryl/α,β-unsaturated/α-hetero) is 1. The van der Waals surface area contributed by atoms with Crippen LogP contribution in [0.3, 0.4) is 0 Å². The molecule has 0 fully saturated rings. The first-order chi connectivity index (χ1) is 8.59. The summed E-state index contributed by atoms with van der Waals surface area (Å²) in [7, 11) is 4.01. The van der Waals surface area contributed by atoms with Crippen molar-refractivity contribution in [3.63, 3.8) is 0 Å². The molecule has 0 saturated carbocycles. The second-order valence-electron chi connectivity index (χ2n) is 5.22. The second-order valence-corrected chi connectivity index (χ2v) is 5.22. The highest BCUT2D eigenvalue weighted by Gasteiger charge is 2.39. The zero-order valence-corrected chi connectivity index (χ0v) is 10.9. The van der Waals surface area contributed by atoms with E-state index in [1.54, 1.807) is 0 Å². The largest absolute Gasteiger partial charge is 0.309 e. The van der Waals surface area contributed by atoms with Gasteiger partial charge in [-0.05, 0) is 39.0 Å². The van der Waals surface area contributed by atoms with Crippen LogP contribution in [0.5, 0.6) is 0 Å². The van der Waals surface area contributed by atoms with Crippen LogP contribution in [0.4, 0.5) is 0 Å². The molecule has 1 aliphatic rings. The third-order valence-electron chi connectivity index (χ3n) is 3.72. The first-order valence-electron chi connectivity index (χ1n) is 6.28. The van der Waals surface area contributed by atoms with Crippen molar-refractivity contribution >= 4 is 5.78 Å². The fraction of sp³-hybridized carbons (Fsp3) is 0.467. The van der Waals surface area contributed by atoms with Gasteiger partial charge in [0.05, 0.1) is 11.5 Å². The predicted molar refractivity (Wildman–Crippen MR) is 70.5 cm³/mol. The van der Waals surface area contributed by atoms with Gasteiger partial charge < -0.3 is 4.90 Å². The molecule has 0 bridgehead atoms. The second kappa shape index (κ2) is 4.91. The maximum absolute atomic E-state index is 11.9. The van der Waals surface area contributed by atoms with Crippen LogP contribution in [0.2, 0.25) is 0 Å². The number of carbonyl (C=O) groups is 1. The number of rotatable bonds is 3. The maximum Gasteiger partial charge on any atom is 0.163 e. The molecule has 0 radical (unpaired) electrons. The lowest BCUT2D eigenvalue weighted by molar-refractivity contribution is 0.0957. The Labute approximate surface area is 108 Å². The molecule has 0 N–H and O–H groups in total. The number of carbonyl (C=O) groups excluding carboxylic acids is 1. The van der Waals surface area contributed by atoms with E-state index < -0.39 is 5.41 Å². The van der Waals surface area contributed by atoms with E-state index in [4.69, 9.17) is 0 Å². The number of nitrogens with zero attached hydrogens (tertiary/aromatic N) is 2. The van der Waals surface area contributed by atoms with Gasteiger partial charge in [-0.3, -0.25) is 4.79 Å². The van der Waals surface area contributed by atoms with Crippen molar-refractivity contribution < 1.29 is 4.79 Å². The van der Waals surface area contributed by atoms with Gasteiger partial charge in [0, 0.05) is 12.0 Å². The molecule has 18 heavy (non-hydrogen) atoms. The minimum Gasteiger partial charge on any atom is -0.309 e. The van der Waals surface area contributed by atoms with E-state index in [9.17, 15) is 10.1 Å². The molecule has 3 heteroatoms. The van der Waals surface area contributed by atoms with Crippen molar-refractivity contribution in [2.24, 2.45) is 0 Å². The zero-order valence-electron chi connectivity index (χ0n) is 10.9. The molecular formula is C15H18N2O. The molecule has 0 unspecified atom stereocenters. The van der Waals surface area contributed by atoms with Crippen LogP contribution in [-0.2, 0) is 5.41 Å². The topological polar surface area (TPSA) is 44.1 Å². The molecule has 1 atom stereocenters. The van der Waals surface area contributed by atoms with Crippen LogP contribution >= 0.6 is 0 Å². The summed E-state index contributed by atoms with van der Waals surface area (Å²) in [4.78, 5) is 14.0. The molecule has 0 aliphatic heterocycles. The quantitative estimate of drug-likeness (QED) is 0.817. The van der Waals surface area contributed by atoms with Crippen molar-refractivity contribution in [2.45, 2.75) is 24.7 Å². The Bertz CT molecular complexity index is 501. The maximum atomic E-state index is 11.9. The Balaban J connectivity index is 2.41. The van der Waals surface area contributed by atoms with Crippen molar-refractivity contribution in [2.75, 3.05) is 20.6 Å². The fourth-order valence-electron chi connectivity index (χ4n) is 2.59. The van der Waals surface area contributed by atoms with Crippen molar-refractivity contribution in [1.82, 2.24) is 4.90 Å². The minimum absolute atomic E-state index is 0.168. The number of ketones is 1. The molecule has 1 aliphatic carbocycles. The molecule has 2 rings (SSSR count). The van der Waals surface area contributed by atoms with Crippen molar-refractivity contribution in [3.8, 4) is 6.07 Å². The average molecular weight is 242 g/mol. The van der Waals surface area contributed by atoms with E-state index >= 15 is 0 Å². The average Bonchev–Trinajstić information content (AvgIpc) is 2.39. The van der Waals surface area contributed by atoms with E-state index in [1.807, 2.05) is 38.4 Å². The van der Waals surface area contributed by atoms with Gasteiger partial charge in [-0.15, -0.1) is 0 Å². The highest BCUT2D eigenvalue weighted by Crippen LogP contribution is 2.39. The van der Waals surface area contributed by atoms with Gasteiger partial charge in [0.2, 0.25) is 0 Å². The lowest BCUT2D eigenvalue weighted by Gasteiger charge is -2.33. The third kappa shape index (κ3) is 2.16. The summed E-state index contributed by atoms with van der Waals surface area (Å²) in [6, 6.07) is 10.0. The Morgan fingerprint density at radius 3 is 2.78 bits per heavy atom. The van der Waals surface area contributed by atoms with E-state index in [1.165, 1.54) is 0 Å². The highest BCUT2D eigenvalue weighted by molar-refractivity contribution is 5.99. The van der Waals surface area contributed by atoms with Crippen LogP contribution in [0.1, 0.15) is 35.2 Å². The predicted octanol–water partition coefficient (Wildman–Crippen LogP) is 2.38. The highest BCUT2D eigenvalue weighted by atomic mass is 16.1. The summed E-state index contributed by atoms with van der Waals surface area (Å²) in [5.74, 6) is 0.168. The molecule has 0 spiro atoms. The van der Waals surface area contributed by atoms with Crippen molar-refractivity contribution in [3.05, 3.63) is 35.4 Å². The Morgan fingerprint density at radius 2 is 2.11 bits per heavy atom. The minimum atomic E-state index is -0.491. The van der Waals surface area contributed by atoms with E-state index in [-0.39, 0.29) is 5.78 Å². The molecule has 0 amide bonds. The number of fused-ring (bicyclic) bond motifs is 1. The first kappa shape index (κ1) is 12.8. The monoisotopic (exact) mass is 242 g/mol. The summed E-state index contributed by atoms with van der Waals surface area (Å²) < 4.78 is 0. The van der Waals surface area contributed by atoms with Gasteiger partial charge in [-0.1, -0.05) is 24.3 Å². The van der Waals surface area contributed by atoms with E-state index in [2.05, 4.69) is 11.0 Å². The van der Waals surface area contributed by atoms with Crippen LogP contribution < -0.4 is 0 Å². The van der Waals surface area contributed by atoms with E-state index in [0.717, 1.165) is 24.1 Å². The first-order valence-corrected chi connectivity index (χ1v) is 6.28. The fourth-order valence-corrected chi connectivity index (χ4v) is 2.59. The van der Waals surface area contributed by atoms with Crippen LogP contribution in [0, 0.1) is 11.3 Å². The smallest absolute Gasteiger partial charge is 0.163 e. The van der Waals surface area contributed by atoms with Crippen molar-refractivity contribution in [1.29, 1.82) is 5.26 Å². The number of hydrogen-bond acceptors (Lipinski definition) is 3. The SMILES string of the molecule is CN(C)CC[C@@]1(C#N)CCC(=O)c2ccccc21. The molecule has 0 aromatic heterocycles. The van der Waals surface area contributed by atoms with Crippen LogP contribution in [-0.4, -0.2) is 31.3 Å². The molecular weight excluding hydrogens is 224 g/mol. The normalized spacial score (nSPS) is 22.7. The Morgan fingerprint density at radius 1 is 1.39 bits per heavy atom. The Kier molecular flexibility index (Phi) is 3.49. The number of benzene rings is 1. The van der Waals surface area contributed by atoms with Gasteiger partial charge in [-0.2, -0.15) is 5.26 Å². The molecule has 1 aromatic rings. The van der Waals surface area contributed by atoms with Gasteiger partial charge in [-0.25, -0.2) is 0 Å². The van der Waals surface area contributed by atoms with Crippen LogP contribution in [0.25, 0.3) is 0 Å². The zero-order chi connectivity index (χ0) is 13.2. The Hall–Kier alpha value is -1.66. The summed E-state index contributed by atoms with van der Waals surface area (Å²) in [6.07, 6.45) is 1.91. The molecule has 0 heterocycles. The van der Waals surface area contributed by atoms with Gasteiger partial charge >= 0.3 is 0 Å². The van der Waals surface area contributed by atoms with Gasteiger partial charge in [0.15, 0.2) is 5.78 Å². The summed E-state index contributed by atoms with van der Waals surface area (Å²) in [5.41, 5.74) is 1.17. The van der Waals surface area contributed by atoms with Gasteiger partial charge in [0.25, 0.3) is 0 Å². The summed E-state index contributed by atoms with van der Waals surface area (Å²) in [6.45, 7) is 0.857. The third-order valence-corrected chi connectivity index (χ3v) is 3.72. The standard InChI is InChI=1S/C15H18N2O/c1-17(2)10-9-15(11-16)8-7-14(18)12-5-3-4-6-13(12)15/h3-6H,7-10H2,1-2H3/t15-/m1/s1. The number of nitriles is 1. The molecule has 0 saturated heterocycles. The van der Waals surface area contributed by atoms with E-state index in [0.29, 0.717) is 12.8 Å². The number of hydrogen-bond donors (Lipinski definition) is 0. The summed E-state index contributed by atoms with van der Waals surface area (Å²) >= 11 is 0. The molecule has 1 aromatic carbocycles. The van der Waals surface area contributed by atoms with Gasteiger partial charge in [0.1, 0.15) is 0 Å².